The molecule has 0 saturated carbocycles. The molecule has 0 radical (unpaired) electrons. The molecule has 0 saturated heterocycles. The van der Waals surface area contributed by atoms with Gasteiger partial charge in [0, 0.05) is 24.2 Å². The van der Waals surface area contributed by atoms with E-state index in [0.29, 0.717) is 0 Å². The summed E-state index contributed by atoms with van der Waals surface area (Å²) >= 11 is 1.75. The maximum Gasteiger partial charge on any atom is 0.107 e. The van der Waals surface area contributed by atoms with Gasteiger partial charge in [0.05, 0.1) is 0 Å². The third kappa shape index (κ3) is 3.15. The van der Waals surface area contributed by atoms with Crippen molar-refractivity contribution in [2.24, 2.45) is 0 Å². The van der Waals surface area contributed by atoms with Crippen LogP contribution in [-0.4, -0.2) is 4.98 Å². The average molecular weight is 218 g/mol. The molecule has 3 heteroatoms. The number of rotatable bonds is 4. The lowest BCUT2D eigenvalue weighted by atomic mass is 10.2. The van der Waals surface area contributed by atoms with Crippen LogP contribution in [0.2, 0.25) is 0 Å². The Bertz CT molecular complexity index is 409. The van der Waals surface area contributed by atoms with E-state index < -0.39 is 0 Å². The predicted molar refractivity (Wildman–Crippen MR) is 63.8 cm³/mol. The maximum absolute atomic E-state index is 4.30. The maximum atomic E-state index is 4.30. The molecule has 15 heavy (non-hydrogen) atoms. The number of benzene rings is 1. The van der Waals surface area contributed by atoms with Crippen LogP contribution in [0.15, 0.2) is 36.5 Å². The first kappa shape index (κ1) is 10.3. The molecule has 0 unspecified atom stereocenters. The van der Waals surface area contributed by atoms with Gasteiger partial charge in [-0.15, -0.1) is 11.3 Å². The predicted octanol–water partition coefficient (Wildman–Crippen LogP) is 2.74. The average Bonchev–Trinajstić information content (AvgIpc) is 2.66. The molecule has 2 aromatic rings. The van der Waals surface area contributed by atoms with Gasteiger partial charge in [-0.1, -0.05) is 30.3 Å². The normalized spacial score (nSPS) is 10.5. The van der Waals surface area contributed by atoms with E-state index in [2.05, 4.69) is 41.5 Å². The van der Waals surface area contributed by atoms with Crippen LogP contribution in [-0.2, 0) is 13.1 Å². The fraction of sp³-hybridized carbons (Fsp3) is 0.250. The second kappa shape index (κ2) is 5.05. The number of nitrogens with zero attached hydrogens (tertiary/aromatic N) is 1. The smallest absolute Gasteiger partial charge is 0.107 e. The second-order valence-corrected chi connectivity index (χ2v) is 4.77. The summed E-state index contributed by atoms with van der Waals surface area (Å²) in [7, 11) is 0. The summed E-state index contributed by atoms with van der Waals surface area (Å²) in [6.07, 6.45) is 1.92. The van der Waals surface area contributed by atoms with Gasteiger partial charge in [0.1, 0.15) is 5.01 Å². The highest BCUT2D eigenvalue weighted by Gasteiger charge is 1.97. The van der Waals surface area contributed by atoms with E-state index in [0.717, 1.165) is 18.1 Å². The topological polar surface area (TPSA) is 24.9 Å². The number of aryl methyl sites for hydroxylation is 1. The highest BCUT2D eigenvalue weighted by atomic mass is 32.1. The molecule has 1 aromatic heterocycles. The Balaban J connectivity index is 1.80. The lowest BCUT2D eigenvalue weighted by molar-refractivity contribution is 0.690. The number of thiazole rings is 1. The van der Waals surface area contributed by atoms with Crippen molar-refractivity contribution in [3.63, 3.8) is 0 Å². The van der Waals surface area contributed by atoms with Gasteiger partial charge in [0.25, 0.3) is 0 Å². The second-order valence-electron chi connectivity index (χ2n) is 3.45. The van der Waals surface area contributed by atoms with Crippen molar-refractivity contribution < 1.29 is 0 Å². The van der Waals surface area contributed by atoms with Crippen molar-refractivity contribution in [1.29, 1.82) is 0 Å². The highest BCUT2D eigenvalue weighted by Crippen LogP contribution is 2.10. The fourth-order valence-electron chi connectivity index (χ4n) is 1.39. The van der Waals surface area contributed by atoms with E-state index >= 15 is 0 Å². The van der Waals surface area contributed by atoms with Crippen LogP contribution in [0.5, 0.6) is 0 Å². The Morgan fingerprint density at radius 2 is 2.00 bits per heavy atom. The van der Waals surface area contributed by atoms with Crippen LogP contribution in [0.1, 0.15) is 15.4 Å². The molecule has 0 atom stereocenters. The monoisotopic (exact) mass is 218 g/mol. The highest BCUT2D eigenvalue weighted by molar-refractivity contribution is 7.11. The summed E-state index contributed by atoms with van der Waals surface area (Å²) < 4.78 is 0. The third-order valence-corrected chi connectivity index (χ3v) is 3.03. The molecule has 0 amide bonds. The van der Waals surface area contributed by atoms with Crippen molar-refractivity contribution in [2.45, 2.75) is 20.0 Å². The Hall–Kier alpha value is -1.19. The van der Waals surface area contributed by atoms with Gasteiger partial charge < -0.3 is 5.32 Å². The summed E-state index contributed by atoms with van der Waals surface area (Å²) in [6.45, 7) is 3.84. The summed E-state index contributed by atoms with van der Waals surface area (Å²) in [4.78, 5) is 5.57. The first-order chi connectivity index (χ1) is 7.34. The van der Waals surface area contributed by atoms with Gasteiger partial charge in [-0.2, -0.15) is 0 Å². The molecule has 1 aromatic carbocycles. The quantitative estimate of drug-likeness (QED) is 0.853. The molecule has 2 nitrogen and oxygen atoms in total. The van der Waals surface area contributed by atoms with Crippen LogP contribution in [0.4, 0.5) is 0 Å². The molecule has 1 N–H and O–H groups in total. The van der Waals surface area contributed by atoms with Crippen molar-refractivity contribution in [1.82, 2.24) is 10.3 Å². The lowest BCUT2D eigenvalue weighted by Gasteiger charge is -2.01. The molecule has 2 rings (SSSR count). The van der Waals surface area contributed by atoms with Crippen LogP contribution < -0.4 is 5.32 Å². The Labute approximate surface area is 94.0 Å². The van der Waals surface area contributed by atoms with E-state index in [1.54, 1.807) is 11.3 Å². The molecule has 1 heterocycles. The van der Waals surface area contributed by atoms with Crippen molar-refractivity contribution in [3.8, 4) is 0 Å². The van der Waals surface area contributed by atoms with Gasteiger partial charge in [-0.3, -0.25) is 0 Å². The van der Waals surface area contributed by atoms with Crippen molar-refractivity contribution in [2.75, 3.05) is 0 Å². The van der Waals surface area contributed by atoms with E-state index in [4.69, 9.17) is 0 Å². The fourth-order valence-corrected chi connectivity index (χ4v) is 2.15. The van der Waals surface area contributed by atoms with Gasteiger partial charge in [-0.05, 0) is 12.5 Å². The first-order valence-electron chi connectivity index (χ1n) is 5.00. The molecule has 0 aliphatic rings. The summed E-state index contributed by atoms with van der Waals surface area (Å²) in [5.74, 6) is 0. The van der Waals surface area contributed by atoms with Gasteiger partial charge in [0.2, 0.25) is 0 Å². The van der Waals surface area contributed by atoms with Crippen LogP contribution in [0.25, 0.3) is 0 Å². The van der Waals surface area contributed by atoms with Crippen LogP contribution in [0.3, 0.4) is 0 Å². The van der Waals surface area contributed by atoms with Crippen LogP contribution in [0, 0.1) is 6.92 Å². The zero-order valence-electron chi connectivity index (χ0n) is 8.73. The summed E-state index contributed by atoms with van der Waals surface area (Å²) in [5, 5.41) is 4.54. The van der Waals surface area contributed by atoms with E-state index in [1.165, 1.54) is 10.4 Å². The van der Waals surface area contributed by atoms with Gasteiger partial charge in [0.15, 0.2) is 0 Å². The minimum atomic E-state index is 0.855. The number of hydrogen-bond donors (Lipinski definition) is 1. The Morgan fingerprint density at radius 1 is 1.20 bits per heavy atom. The molecule has 0 aliphatic heterocycles. The van der Waals surface area contributed by atoms with E-state index in [1.807, 2.05) is 12.3 Å². The third-order valence-electron chi connectivity index (χ3n) is 2.12. The van der Waals surface area contributed by atoms with Gasteiger partial charge >= 0.3 is 0 Å². The number of aromatic nitrogens is 1. The van der Waals surface area contributed by atoms with Crippen molar-refractivity contribution >= 4 is 11.3 Å². The molecule has 0 spiro atoms. The minimum absolute atomic E-state index is 0.855. The molecule has 0 fully saturated rings. The first-order valence-corrected chi connectivity index (χ1v) is 5.82. The Morgan fingerprint density at radius 3 is 2.67 bits per heavy atom. The molecule has 0 bridgehead atoms. The summed E-state index contributed by atoms with van der Waals surface area (Å²) in [6, 6.07) is 10.4. The largest absolute Gasteiger partial charge is 0.306 e. The van der Waals surface area contributed by atoms with Gasteiger partial charge in [-0.25, -0.2) is 4.98 Å². The zero-order chi connectivity index (χ0) is 10.5. The minimum Gasteiger partial charge on any atom is -0.306 e. The Kier molecular flexibility index (Phi) is 3.48. The van der Waals surface area contributed by atoms with Crippen LogP contribution >= 0.6 is 11.3 Å². The van der Waals surface area contributed by atoms with Crippen molar-refractivity contribution in [3.05, 3.63) is 52.0 Å². The number of hydrogen-bond acceptors (Lipinski definition) is 3. The van der Waals surface area contributed by atoms with E-state index in [9.17, 15) is 0 Å². The molecule has 0 aliphatic carbocycles. The molecule has 78 valence electrons. The number of nitrogens with one attached hydrogen (secondary N) is 1. The zero-order valence-corrected chi connectivity index (χ0v) is 9.55. The van der Waals surface area contributed by atoms with E-state index in [-0.39, 0.29) is 0 Å². The molecular weight excluding hydrogens is 204 g/mol. The lowest BCUT2D eigenvalue weighted by Crippen LogP contribution is -2.12. The SMILES string of the molecule is Cc1cnc(CNCc2ccccc2)s1. The molecular formula is C12H14N2S. The summed E-state index contributed by atoms with van der Waals surface area (Å²) in [5.41, 5.74) is 1.31. The standard InChI is InChI=1S/C12H14N2S/c1-10-7-14-12(15-10)9-13-8-11-5-3-2-4-6-11/h2-7,13H,8-9H2,1H3.